The number of rotatable bonds is 18. The number of ketones is 1. The van der Waals surface area contributed by atoms with Crippen LogP contribution in [0, 0.1) is 0 Å². The Morgan fingerprint density at radius 2 is 1.69 bits per heavy atom. The van der Waals surface area contributed by atoms with E-state index in [1.807, 2.05) is 13.8 Å². The van der Waals surface area contributed by atoms with Crippen LogP contribution in [0.25, 0.3) is 0 Å². The summed E-state index contributed by atoms with van der Waals surface area (Å²) in [5.74, 6) is 1.77. The number of hydrogen-bond donors (Lipinski definition) is 1. The van der Waals surface area contributed by atoms with Crippen LogP contribution in [0.4, 0.5) is 4.79 Å². The van der Waals surface area contributed by atoms with E-state index in [0.29, 0.717) is 58.0 Å². The van der Waals surface area contributed by atoms with Crippen molar-refractivity contribution in [3.05, 3.63) is 0 Å². The van der Waals surface area contributed by atoms with E-state index in [4.69, 9.17) is 14.2 Å². The number of carbonyl (C=O) groups excluding carboxylic acids is 3. The lowest BCUT2D eigenvalue weighted by molar-refractivity contribution is -0.158. The molecule has 0 heterocycles. The third-order valence-electron chi connectivity index (χ3n) is 3.62. The van der Waals surface area contributed by atoms with Gasteiger partial charge in [-0.1, -0.05) is 28.5 Å². The first-order valence-corrected chi connectivity index (χ1v) is 12.6. The highest BCUT2D eigenvalue weighted by molar-refractivity contribution is 8.76. The summed E-state index contributed by atoms with van der Waals surface area (Å²) in [6.07, 6.45) is 0.880. The molecule has 0 aliphatic carbocycles. The lowest BCUT2D eigenvalue weighted by Gasteiger charge is -2.27. The Kier molecular flexibility index (Phi) is 18.4. The molecule has 0 radical (unpaired) electrons. The molecule has 0 spiro atoms. The Morgan fingerprint density at radius 3 is 2.28 bits per heavy atom. The molecule has 0 rings (SSSR count). The minimum Gasteiger partial charge on any atom is -0.449 e. The number of alkyl carbamates (subject to hydrolysis) is 1. The van der Waals surface area contributed by atoms with Gasteiger partial charge in [0.15, 0.2) is 6.29 Å². The molecule has 0 fully saturated rings. The summed E-state index contributed by atoms with van der Waals surface area (Å²) < 4.78 is 16.1. The first-order valence-electron chi connectivity index (χ1n) is 10.1. The second kappa shape index (κ2) is 19.0. The predicted molar refractivity (Wildman–Crippen MR) is 118 cm³/mol. The number of carbonyl (C=O) groups is 3. The molecule has 8 nitrogen and oxygen atoms in total. The number of nitrogens with one attached hydrogen (secondary N) is 1. The number of amides is 2. The van der Waals surface area contributed by atoms with Gasteiger partial charge in [-0.15, -0.1) is 0 Å². The average Bonchev–Trinajstić information content (AvgIpc) is 2.68. The molecule has 0 atom stereocenters. The van der Waals surface area contributed by atoms with Crippen LogP contribution >= 0.6 is 21.6 Å². The molecule has 29 heavy (non-hydrogen) atoms. The van der Waals surface area contributed by atoms with Crippen LogP contribution in [0.3, 0.4) is 0 Å². The molecule has 0 aliphatic heterocycles. The second-order valence-corrected chi connectivity index (χ2v) is 8.75. The van der Waals surface area contributed by atoms with Gasteiger partial charge in [-0.3, -0.25) is 4.79 Å². The molecular formula is C19H36N2O6S2. The van der Waals surface area contributed by atoms with Crippen molar-refractivity contribution in [2.45, 2.75) is 53.2 Å². The molecule has 2 amide bonds. The quantitative estimate of drug-likeness (QED) is 0.193. The van der Waals surface area contributed by atoms with Crippen molar-refractivity contribution in [1.82, 2.24) is 10.2 Å². The SMILES string of the molecule is CCOC(CN(CCNC(=O)OCCSSCCCC(C)=O)C(=O)CC)OCC. The van der Waals surface area contributed by atoms with Crippen LogP contribution in [-0.2, 0) is 23.8 Å². The van der Waals surface area contributed by atoms with Gasteiger partial charge in [-0.2, -0.15) is 0 Å². The zero-order chi connectivity index (χ0) is 21.9. The lowest BCUT2D eigenvalue weighted by Crippen LogP contribution is -2.43. The van der Waals surface area contributed by atoms with Gasteiger partial charge in [-0.25, -0.2) is 4.79 Å². The van der Waals surface area contributed by atoms with Gasteiger partial charge in [0.25, 0.3) is 0 Å². The largest absolute Gasteiger partial charge is 0.449 e. The summed E-state index contributed by atoms with van der Waals surface area (Å²) in [5.41, 5.74) is 0. The molecule has 0 unspecified atom stereocenters. The Hall–Kier alpha value is -0.970. The number of Topliss-reactive ketones (excluding diaryl/α,β-unsaturated/α-hetero) is 1. The normalized spacial score (nSPS) is 10.8. The van der Waals surface area contributed by atoms with Crippen molar-refractivity contribution in [3.63, 3.8) is 0 Å². The van der Waals surface area contributed by atoms with Gasteiger partial charge in [0.2, 0.25) is 5.91 Å². The van der Waals surface area contributed by atoms with Gasteiger partial charge < -0.3 is 29.2 Å². The van der Waals surface area contributed by atoms with Crippen molar-refractivity contribution in [2.24, 2.45) is 0 Å². The molecule has 170 valence electrons. The van der Waals surface area contributed by atoms with Crippen LogP contribution in [0.2, 0.25) is 0 Å². The van der Waals surface area contributed by atoms with E-state index in [0.717, 1.165) is 12.2 Å². The third kappa shape index (κ3) is 16.5. The molecule has 0 aliphatic rings. The zero-order valence-corrected chi connectivity index (χ0v) is 19.7. The molecule has 10 heteroatoms. The molecule has 0 aromatic heterocycles. The van der Waals surface area contributed by atoms with Crippen LogP contribution in [0.1, 0.15) is 47.0 Å². The van der Waals surface area contributed by atoms with E-state index < -0.39 is 12.4 Å². The predicted octanol–water partition coefficient (Wildman–Crippen LogP) is 3.10. The Labute approximate surface area is 182 Å². The topological polar surface area (TPSA) is 94.2 Å². The summed E-state index contributed by atoms with van der Waals surface area (Å²) in [7, 11) is 3.29. The fraction of sp³-hybridized carbons (Fsp3) is 0.842. The smallest absolute Gasteiger partial charge is 0.407 e. The maximum Gasteiger partial charge on any atom is 0.407 e. The fourth-order valence-corrected chi connectivity index (χ4v) is 4.17. The van der Waals surface area contributed by atoms with E-state index in [2.05, 4.69) is 5.32 Å². The van der Waals surface area contributed by atoms with Gasteiger partial charge in [0.1, 0.15) is 12.4 Å². The second-order valence-electron chi connectivity index (χ2n) is 6.05. The highest BCUT2D eigenvalue weighted by atomic mass is 33.1. The van der Waals surface area contributed by atoms with Crippen LogP contribution in [0.5, 0.6) is 0 Å². The zero-order valence-electron chi connectivity index (χ0n) is 18.1. The van der Waals surface area contributed by atoms with E-state index in [1.165, 1.54) is 0 Å². The van der Waals surface area contributed by atoms with Crippen LogP contribution < -0.4 is 5.32 Å². The Bertz CT molecular complexity index is 462. The monoisotopic (exact) mass is 452 g/mol. The van der Waals surface area contributed by atoms with Crippen molar-refractivity contribution in [2.75, 3.05) is 51.0 Å². The first kappa shape index (κ1) is 28.0. The highest BCUT2D eigenvalue weighted by Gasteiger charge is 2.18. The maximum absolute atomic E-state index is 12.1. The minimum atomic E-state index is -0.498. The Balaban J connectivity index is 4.00. The van der Waals surface area contributed by atoms with Gasteiger partial charge >= 0.3 is 6.09 Å². The molecule has 0 bridgehead atoms. The van der Waals surface area contributed by atoms with Crippen molar-refractivity contribution >= 4 is 39.4 Å². The summed E-state index contributed by atoms with van der Waals surface area (Å²) >= 11 is 0. The van der Waals surface area contributed by atoms with Crippen molar-refractivity contribution in [1.29, 1.82) is 0 Å². The molecule has 1 N–H and O–H groups in total. The fourth-order valence-electron chi connectivity index (χ4n) is 2.26. The lowest BCUT2D eigenvalue weighted by atomic mass is 10.3. The van der Waals surface area contributed by atoms with Gasteiger partial charge in [-0.05, 0) is 27.2 Å². The van der Waals surface area contributed by atoms with E-state index in [-0.39, 0.29) is 11.7 Å². The number of ether oxygens (including phenoxy) is 3. The van der Waals surface area contributed by atoms with Crippen molar-refractivity contribution in [3.8, 4) is 0 Å². The summed E-state index contributed by atoms with van der Waals surface area (Å²) in [6, 6.07) is 0. The molecule has 0 saturated carbocycles. The summed E-state index contributed by atoms with van der Waals surface area (Å²) in [5, 5.41) is 2.66. The maximum atomic E-state index is 12.1. The van der Waals surface area contributed by atoms with Crippen LogP contribution in [0.15, 0.2) is 0 Å². The molecule has 0 aromatic carbocycles. The van der Waals surface area contributed by atoms with E-state index in [9.17, 15) is 14.4 Å². The van der Waals surface area contributed by atoms with E-state index in [1.54, 1.807) is 40.3 Å². The average molecular weight is 453 g/mol. The third-order valence-corrected chi connectivity index (χ3v) is 6.08. The number of hydrogen-bond acceptors (Lipinski definition) is 8. The van der Waals surface area contributed by atoms with Crippen molar-refractivity contribution < 1.29 is 28.6 Å². The summed E-state index contributed by atoms with van der Waals surface area (Å²) in [4.78, 5) is 36.4. The van der Waals surface area contributed by atoms with E-state index >= 15 is 0 Å². The molecule has 0 aromatic rings. The summed E-state index contributed by atoms with van der Waals surface area (Å²) in [6.45, 7) is 9.42. The minimum absolute atomic E-state index is 0.0252. The Morgan fingerprint density at radius 1 is 1.03 bits per heavy atom. The number of nitrogens with zero attached hydrogens (tertiary/aromatic N) is 1. The van der Waals surface area contributed by atoms with Crippen LogP contribution in [-0.4, -0.2) is 79.9 Å². The van der Waals surface area contributed by atoms with Gasteiger partial charge in [0, 0.05) is 50.7 Å². The molecule has 0 saturated heterocycles. The first-order chi connectivity index (χ1) is 13.9. The molecular weight excluding hydrogens is 416 g/mol. The highest BCUT2D eigenvalue weighted by Crippen LogP contribution is 2.22. The standard InChI is InChI=1S/C19H36N2O6S2/c1-5-17(23)21(15-18(25-6-2)26-7-3)11-10-20-19(24)27-12-14-29-28-13-8-9-16(4)22/h18H,5-15H2,1-4H3,(H,20,24). The van der Waals surface area contributed by atoms with Gasteiger partial charge in [0.05, 0.1) is 6.54 Å².